The van der Waals surface area contributed by atoms with Crippen LogP contribution in [-0.4, -0.2) is 34.5 Å². The van der Waals surface area contributed by atoms with Gasteiger partial charge < -0.3 is 9.64 Å². The van der Waals surface area contributed by atoms with Gasteiger partial charge in [-0.25, -0.2) is 4.98 Å². The van der Waals surface area contributed by atoms with E-state index in [4.69, 9.17) is 4.74 Å². The van der Waals surface area contributed by atoms with Crippen LogP contribution in [0.2, 0.25) is 0 Å². The van der Waals surface area contributed by atoms with E-state index in [0.717, 1.165) is 11.3 Å². The second-order valence-electron chi connectivity index (χ2n) is 7.70. The molecule has 4 aromatic rings. The van der Waals surface area contributed by atoms with Gasteiger partial charge in [0.1, 0.15) is 11.6 Å². The summed E-state index contributed by atoms with van der Waals surface area (Å²) in [7, 11) is 3.40. The molecule has 162 valence electrons. The van der Waals surface area contributed by atoms with Crippen molar-refractivity contribution in [2.45, 2.75) is 19.9 Å². The van der Waals surface area contributed by atoms with E-state index in [1.54, 1.807) is 60.9 Å². The number of hydrogen-bond donors (Lipinski definition) is 0. The molecule has 1 heterocycles. The number of para-hydroxylation sites is 2. The second kappa shape index (κ2) is 8.67. The van der Waals surface area contributed by atoms with Crippen molar-refractivity contribution in [1.82, 2.24) is 14.5 Å². The maximum atomic E-state index is 13.1. The van der Waals surface area contributed by atoms with Crippen LogP contribution in [0.5, 0.6) is 5.75 Å². The first-order valence-corrected chi connectivity index (χ1v) is 10.4. The van der Waals surface area contributed by atoms with Gasteiger partial charge in [0.25, 0.3) is 11.5 Å². The van der Waals surface area contributed by atoms with Crippen LogP contribution >= 0.6 is 0 Å². The second-order valence-corrected chi connectivity index (χ2v) is 7.70. The number of methoxy groups -OCH3 is 1. The zero-order chi connectivity index (χ0) is 22.8. The summed E-state index contributed by atoms with van der Waals surface area (Å²) in [6.07, 6.45) is 0. The van der Waals surface area contributed by atoms with Gasteiger partial charge in [0.2, 0.25) is 0 Å². The lowest BCUT2D eigenvalue weighted by molar-refractivity contribution is 0.0741. The Balaban J connectivity index is 1.64. The summed E-state index contributed by atoms with van der Waals surface area (Å²) >= 11 is 0. The lowest BCUT2D eigenvalue weighted by atomic mass is 10.0. The highest BCUT2D eigenvalue weighted by Crippen LogP contribution is 2.29. The molecule has 0 radical (unpaired) electrons. The molecule has 0 aliphatic heterocycles. The minimum atomic E-state index is -0.173. The van der Waals surface area contributed by atoms with Crippen LogP contribution in [-0.2, 0) is 0 Å². The molecule has 6 heteroatoms. The minimum Gasteiger partial charge on any atom is -0.496 e. The molecule has 1 atom stereocenters. The van der Waals surface area contributed by atoms with Crippen LogP contribution in [0.25, 0.3) is 16.6 Å². The predicted molar refractivity (Wildman–Crippen MR) is 126 cm³/mol. The molecule has 0 aliphatic carbocycles. The SMILES string of the molecule is COc1ccccc1[C@@H](C)N(C)C(=O)c1ccc(-n2c(C)nc3ccccc3c2=O)cc1. The van der Waals surface area contributed by atoms with Gasteiger partial charge >= 0.3 is 0 Å². The Labute approximate surface area is 186 Å². The first-order valence-electron chi connectivity index (χ1n) is 10.4. The average molecular weight is 428 g/mol. The maximum Gasteiger partial charge on any atom is 0.265 e. The Morgan fingerprint density at radius 2 is 1.66 bits per heavy atom. The first kappa shape index (κ1) is 21.3. The van der Waals surface area contributed by atoms with Crippen LogP contribution < -0.4 is 10.3 Å². The summed E-state index contributed by atoms with van der Waals surface area (Å²) in [5, 5.41) is 0.559. The van der Waals surface area contributed by atoms with E-state index < -0.39 is 0 Å². The largest absolute Gasteiger partial charge is 0.496 e. The third kappa shape index (κ3) is 3.75. The van der Waals surface area contributed by atoms with Gasteiger partial charge in [-0.05, 0) is 56.3 Å². The third-order valence-corrected chi connectivity index (χ3v) is 5.81. The molecule has 0 aliphatic rings. The Morgan fingerprint density at radius 1 is 1.00 bits per heavy atom. The molecule has 1 aromatic heterocycles. The van der Waals surface area contributed by atoms with E-state index in [0.29, 0.717) is 28.0 Å². The van der Waals surface area contributed by atoms with Crippen molar-refractivity contribution in [3.05, 3.63) is 100 Å². The molecule has 0 spiro atoms. The van der Waals surface area contributed by atoms with E-state index in [9.17, 15) is 9.59 Å². The number of amides is 1. The summed E-state index contributed by atoms with van der Waals surface area (Å²) in [6.45, 7) is 3.77. The molecule has 0 fully saturated rings. The van der Waals surface area contributed by atoms with E-state index in [-0.39, 0.29) is 17.5 Å². The number of fused-ring (bicyclic) bond motifs is 1. The van der Waals surface area contributed by atoms with Crippen molar-refractivity contribution in [3.63, 3.8) is 0 Å². The molecule has 32 heavy (non-hydrogen) atoms. The minimum absolute atomic E-state index is 0.115. The standard InChI is InChI=1S/C26H25N3O3/c1-17(21-9-6-8-12-24(21)32-4)28(3)25(30)19-13-15-20(16-14-19)29-18(2)27-23-11-7-5-10-22(23)26(29)31/h5-17H,1-4H3/t17-/m1/s1. The van der Waals surface area contributed by atoms with Crippen molar-refractivity contribution in [3.8, 4) is 11.4 Å². The topological polar surface area (TPSA) is 64.4 Å². The third-order valence-electron chi connectivity index (χ3n) is 5.81. The van der Waals surface area contributed by atoms with Gasteiger partial charge in [-0.15, -0.1) is 0 Å². The molecule has 0 saturated heterocycles. The molecular weight excluding hydrogens is 402 g/mol. The van der Waals surface area contributed by atoms with Crippen molar-refractivity contribution in [2.75, 3.05) is 14.2 Å². The number of rotatable bonds is 5. The zero-order valence-corrected chi connectivity index (χ0v) is 18.6. The van der Waals surface area contributed by atoms with Crippen molar-refractivity contribution in [2.24, 2.45) is 0 Å². The number of aryl methyl sites for hydroxylation is 1. The first-order chi connectivity index (χ1) is 15.4. The summed E-state index contributed by atoms with van der Waals surface area (Å²) in [5.41, 5.74) is 2.69. The number of aromatic nitrogens is 2. The number of benzene rings is 3. The van der Waals surface area contributed by atoms with Gasteiger partial charge in [-0.1, -0.05) is 30.3 Å². The summed E-state index contributed by atoms with van der Waals surface area (Å²) in [6, 6.07) is 21.8. The fourth-order valence-electron chi connectivity index (χ4n) is 3.90. The summed E-state index contributed by atoms with van der Waals surface area (Å²) in [5.74, 6) is 1.22. The Bertz CT molecular complexity index is 1340. The number of nitrogens with zero attached hydrogens (tertiary/aromatic N) is 3. The number of carbonyl (C=O) groups excluding carboxylic acids is 1. The molecule has 0 N–H and O–H groups in total. The van der Waals surface area contributed by atoms with Gasteiger partial charge in [-0.3, -0.25) is 14.2 Å². The Morgan fingerprint density at radius 3 is 2.38 bits per heavy atom. The molecule has 0 bridgehead atoms. The molecule has 4 rings (SSSR count). The van der Waals surface area contributed by atoms with Crippen molar-refractivity contribution in [1.29, 1.82) is 0 Å². The quantitative estimate of drug-likeness (QED) is 0.469. The van der Waals surface area contributed by atoms with Gasteiger partial charge in [0.05, 0.1) is 29.7 Å². The van der Waals surface area contributed by atoms with Crippen LogP contribution in [0.4, 0.5) is 0 Å². The van der Waals surface area contributed by atoms with Gasteiger partial charge in [0, 0.05) is 18.2 Å². The Kier molecular flexibility index (Phi) is 5.77. The monoisotopic (exact) mass is 427 g/mol. The molecular formula is C26H25N3O3. The lowest BCUT2D eigenvalue weighted by Crippen LogP contribution is -2.30. The summed E-state index contributed by atoms with van der Waals surface area (Å²) < 4.78 is 7.01. The maximum absolute atomic E-state index is 13.1. The van der Waals surface area contributed by atoms with E-state index >= 15 is 0 Å². The van der Waals surface area contributed by atoms with Crippen LogP contribution in [0.1, 0.15) is 34.7 Å². The Hall–Kier alpha value is -3.93. The lowest BCUT2D eigenvalue weighted by Gasteiger charge is -2.26. The predicted octanol–water partition coefficient (Wildman–Crippen LogP) is 4.54. The van der Waals surface area contributed by atoms with Crippen molar-refractivity contribution < 1.29 is 9.53 Å². The highest BCUT2D eigenvalue weighted by molar-refractivity contribution is 5.94. The fraction of sp³-hybridized carbons (Fsp3) is 0.192. The molecule has 0 saturated carbocycles. The molecule has 0 unspecified atom stereocenters. The summed E-state index contributed by atoms with van der Waals surface area (Å²) in [4.78, 5) is 32.4. The van der Waals surface area contributed by atoms with Gasteiger partial charge in [0.15, 0.2) is 0 Å². The van der Waals surface area contributed by atoms with Crippen molar-refractivity contribution >= 4 is 16.8 Å². The van der Waals surface area contributed by atoms with Crippen LogP contribution in [0, 0.1) is 6.92 Å². The van der Waals surface area contributed by atoms with Crippen LogP contribution in [0.15, 0.2) is 77.6 Å². The van der Waals surface area contributed by atoms with Crippen LogP contribution in [0.3, 0.4) is 0 Å². The number of carbonyl (C=O) groups is 1. The highest BCUT2D eigenvalue weighted by Gasteiger charge is 2.21. The zero-order valence-electron chi connectivity index (χ0n) is 18.6. The fourth-order valence-corrected chi connectivity index (χ4v) is 3.90. The number of hydrogen-bond acceptors (Lipinski definition) is 4. The average Bonchev–Trinajstić information content (AvgIpc) is 2.83. The van der Waals surface area contributed by atoms with E-state index in [1.165, 1.54) is 0 Å². The normalized spacial score (nSPS) is 11.9. The molecule has 3 aromatic carbocycles. The highest BCUT2D eigenvalue weighted by atomic mass is 16.5. The number of ether oxygens (including phenoxy) is 1. The smallest absolute Gasteiger partial charge is 0.265 e. The van der Waals surface area contributed by atoms with E-state index in [2.05, 4.69) is 4.98 Å². The van der Waals surface area contributed by atoms with E-state index in [1.807, 2.05) is 49.4 Å². The molecule has 1 amide bonds. The van der Waals surface area contributed by atoms with Gasteiger partial charge in [-0.2, -0.15) is 0 Å². The molecule has 6 nitrogen and oxygen atoms in total.